The van der Waals surface area contributed by atoms with Crippen LogP contribution in [0.4, 0.5) is 0 Å². The first-order valence-electron chi connectivity index (χ1n) is 8.01. The maximum atomic E-state index is 11.7. The second-order valence-electron chi connectivity index (χ2n) is 5.96. The molecule has 7 heteroatoms. The first kappa shape index (κ1) is 17.8. The fraction of sp³-hybridized carbons (Fsp3) is 0.263. The number of nitrogens with one attached hydrogen (secondary N) is 1. The van der Waals surface area contributed by atoms with E-state index in [9.17, 15) is 4.79 Å². The molecule has 2 heterocycles. The number of aromatic nitrogens is 1. The van der Waals surface area contributed by atoms with E-state index >= 15 is 0 Å². The van der Waals surface area contributed by atoms with Gasteiger partial charge in [-0.15, -0.1) is 0 Å². The molecule has 2 aromatic rings. The van der Waals surface area contributed by atoms with Gasteiger partial charge in [0, 0.05) is 18.0 Å². The molecule has 1 unspecified atom stereocenters. The van der Waals surface area contributed by atoms with Gasteiger partial charge in [-0.25, -0.2) is 4.79 Å². The molecule has 0 amide bonds. The normalized spacial score (nSPS) is 18.7. The van der Waals surface area contributed by atoms with Crippen LogP contribution in [0.3, 0.4) is 0 Å². The standard InChI is InChI=1S/C19H20N2O5/c1-19(11-15(21-26-19)13-6-8-20-9-7-13)12-25-17-10-14(18(22)24-3)4-5-16(17)23-2/h4-11,21H,12H2,1-3H3. The summed E-state index contributed by atoms with van der Waals surface area (Å²) in [7, 11) is 2.87. The highest BCUT2D eigenvalue weighted by molar-refractivity contribution is 5.90. The largest absolute Gasteiger partial charge is 0.493 e. The SMILES string of the molecule is COC(=O)c1ccc(OC)c(OCC2(C)C=C(c3ccncc3)NO2)c1. The number of pyridine rings is 1. The van der Waals surface area contributed by atoms with Crippen LogP contribution in [-0.2, 0) is 9.57 Å². The molecule has 0 saturated carbocycles. The molecular weight excluding hydrogens is 336 g/mol. The molecule has 0 spiro atoms. The quantitative estimate of drug-likeness (QED) is 0.797. The van der Waals surface area contributed by atoms with Crippen molar-refractivity contribution in [2.45, 2.75) is 12.5 Å². The summed E-state index contributed by atoms with van der Waals surface area (Å²) >= 11 is 0. The highest BCUT2D eigenvalue weighted by Gasteiger charge is 2.32. The van der Waals surface area contributed by atoms with E-state index in [1.165, 1.54) is 14.2 Å². The Balaban J connectivity index is 1.76. The highest BCUT2D eigenvalue weighted by atomic mass is 16.7. The van der Waals surface area contributed by atoms with Gasteiger partial charge >= 0.3 is 5.97 Å². The fourth-order valence-corrected chi connectivity index (χ4v) is 2.54. The molecule has 1 aromatic heterocycles. The lowest BCUT2D eigenvalue weighted by atomic mass is 10.1. The van der Waals surface area contributed by atoms with Crippen molar-refractivity contribution >= 4 is 11.7 Å². The zero-order valence-electron chi connectivity index (χ0n) is 14.8. The lowest BCUT2D eigenvalue weighted by Crippen LogP contribution is -2.33. The Labute approximate surface area is 151 Å². The summed E-state index contributed by atoms with van der Waals surface area (Å²) in [6, 6.07) is 8.64. The van der Waals surface area contributed by atoms with Crippen LogP contribution in [0.2, 0.25) is 0 Å². The van der Waals surface area contributed by atoms with Crippen molar-refractivity contribution in [2.24, 2.45) is 0 Å². The Kier molecular flexibility index (Phi) is 5.09. The van der Waals surface area contributed by atoms with E-state index < -0.39 is 11.6 Å². The summed E-state index contributed by atoms with van der Waals surface area (Å²) in [5.74, 6) is 0.513. The number of carbonyl (C=O) groups is 1. The van der Waals surface area contributed by atoms with Crippen LogP contribution in [0.15, 0.2) is 48.8 Å². The molecule has 136 valence electrons. The Bertz CT molecular complexity index is 822. The number of nitrogens with zero attached hydrogens (tertiary/aromatic N) is 1. The van der Waals surface area contributed by atoms with Crippen LogP contribution in [-0.4, -0.2) is 37.4 Å². The summed E-state index contributed by atoms with van der Waals surface area (Å²) in [5.41, 5.74) is 4.42. The van der Waals surface area contributed by atoms with Crippen molar-refractivity contribution in [2.75, 3.05) is 20.8 Å². The molecule has 26 heavy (non-hydrogen) atoms. The Morgan fingerprint density at radius 1 is 1.19 bits per heavy atom. The molecule has 0 fully saturated rings. The van der Waals surface area contributed by atoms with Crippen LogP contribution >= 0.6 is 0 Å². The predicted molar refractivity (Wildman–Crippen MR) is 94.7 cm³/mol. The van der Waals surface area contributed by atoms with Gasteiger partial charge in [0.25, 0.3) is 0 Å². The molecule has 0 aliphatic carbocycles. The van der Waals surface area contributed by atoms with E-state index in [0.717, 1.165) is 11.3 Å². The molecule has 0 saturated heterocycles. The van der Waals surface area contributed by atoms with Gasteiger partial charge in [-0.1, -0.05) is 0 Å². The van der Waals surface area contributed by atoms with Crippen molar-refractivity contribution in [3.63, 3.8) is 0 Å². The van der Waals surface area contributed by atoms with Crippen molar-refractivity contribution in [1.82, 2.24) is 10.5 Å². The summed E-state index contributed by atoms with van der Waals surface area (Å²) < 4.78 is 15.9. The minimum Gasteiger partial charge on any atom is -0.493 e. The minimum absolute atomic E-state index is 0.218. The van der Waals surface area contributed by atoms with Crippen LogP contribution < -0.4 is 15.0 Å². The highest BCUT2D eigenvalue weighted by Crippen LogP contribution is 2.31. The first-order valence-corrected chi connectivity index (χ1v) is 8.01. The van der Waals surface area contributed by atoms with Crippen molar-refractivity contribution in [3.8, 4) is 11.5 Å². The summed E-state index contributed by atoms with van der Waals surface area (Å²) in [6.07, 6.45) is 5.37. The molecular formula is C19H20N2O5. The number of esters is 1. The minimum atomic E-state index is -0.690. The lowest BCUT2D eigenvalue weighted by Gasteiger charge is -2.21. The Hall–Kier alpha value is -3.06. The van der Waals surface area contributed by atoms with Crippen LogP contribution in [0.1, 0.15) is 22.8 Å². The maximum Gasteiger partial charge on any atom is 0.337 e. The number of hydroxylamine groups is 1. The average molecular weight is 356 g/mol. The van der Waals surface area contributed by atoms with Crippen LogP contribution in [0, 0.1) is 0 Å². The lowest BCUT2D eigenvalue weighted by molar-refractivity contribution is -0.0476. The zero-order valence-corrected chi connectivity index (χ0v) is 14.8. The third-order valence-electron chi connectivity index (χ3n) is 3.93. The van der Waals surface area contributed by atoms with Crippen molar-refractivity contribution in [3.05, 3.63) is 59.9 Å². The monoisotopic (exact) mass is 356 g/mol. The molecule has 1 atom stereocenters. The number of hydrogen-bond donors (Lipinski definition) is 1. The fourth-order valence-electron chi connectivity index (χ4n) is 2.54. The third kappa shape index (κ3) is 3.78. The number of carbonyl (C=O) groups excluding carboxylic acids is 1. The smallest absolute Gasteiger partial charge is 0.337 e. The molecule has 3 rings (SSSR count). The van der Waals surface area contributed by atoms with Gasteiger partial charge in [0.2, 0.25) is 0 Å². The molecule has 1 aliphatic rings. The van der Waals surface area contributed by atoms with E-state index in [-0.39, 0.29) is 6.61 Å². The second-order valence-corrected chi connectivity index (χ2v) is 5.96. The predicted octanol–water partition coefficient (Wildman–Crippen LogP) is 2.59. The molecule has 7 nitrogen and oxygen atoms in total. The zero-order chi connectivity index (χ0) is 18.6. The molecule has 0 bridgehead atoms. The number of ether oxygens (including phenoxy) is 3. The molecule has 1 aromatic carbocycles. The van der Waals surface area contributed by atoms with Gasteiger partial charge in [0.15, 0.2) is 11.5 Å². The van der Waals surface area contributed by atoms with Gasteiger partial charge in [0.05, 0.1) is 25.5 Å². The van der Waals surface area contributed by atoms with E-state index in [1.807, 2.05) is 25.1 Å². The molecule has 0 radical (unpaired) electrons. The van der Waals surface area contributed by atoms with Gasteiger partial charge in [-0.2, -0.15) is 0 Å². The van der Waals surface area contributed by atoms with Gasteiger partial charge < -0.3 is 14.2 Å². The van der Waals surface area contributed by atoms with Gasteiger partial charge in [-0.3, -0.25) is 15.3 Å². The molecule has 1 aliphatic heterocycles. The van der Waals surface area contributed by atoms with Crippen LogP contribution in [0.25, 0.3) is 5.70 Å². The van der Waals surface area contributed by atoms with Gasteiger partial charge in [0.1, 0.15) is 12.2 Å². The van der Waals surface area contributed by atoms with E-state index in [0.29, 0.717) is 17.1 Å². The Morgan fingerprint density at radius 3 is 2.65 bits per heavy atom. The van der Waals surface area contributed by atoms with Crippen molar-refractivity contribution in [1.29, 1.82) is 0 Å². The average Bonchev–Trinajstić information content (AvgIpc) is 3.09. The summed E-state index contributed by atoms with van der Waals surface area (Å²) in [4.78, 5) is 21.4. The third-order valence-corrected chi connectivity index (χ3v) is 3.93. The number of benzene rings is 1. The maximum absolute atomic E-state index is 11.7. The topological polar surface area (TPSA) is 78.9 Å². The van der Waals surface area contributed by atoms with Gasteiger partial charge in [-0.05, 0) is 43.3 Å². The van der Waals surface area contributed by atoms with E-state index in [4.69, 9.17) is 19.0 Å². The van der Waals surface area contributed by atoms with Crippen LogP contribution in [0.5, 0.6) is 11.5 Å². The van der Waals surface area contributed by atoms with E-state index in [1.54, 1.807) is 30.6 Å². The molecule has 1 N–H and O–H groups in total. The summed E-state index contributed by atoms with van der Waals surface area (Å²) in [5, 5.41) is 0. The number of hydrogen-bond acceptors (Lipinski definition) is 7. The second kappa shape index (κ2) is 7.45. The first-order chi connectivity index (χ1) is 12.5. The number of methoxy groups -OCH3 is 2. The van der Waals surface area contributed by atoms with Crippen molar-refractivity contribution < 1.29 is 23.8 Å². The Morgan fingerprint density at radius 2 is 1.96 bits per heavy atom. The van der Waals surface area contributed by atoms with E-state index in [2.05, 4.69) is 10.5 Å². The summed E-state index contributed by atoms with van der Waals surface area (Å²) in [6.45, 7) is 2.11. The number of rotatable bonds is 6.